The fourth-order valence-electron chi connectivity index (χ4n) is 3.10. The van der Waals surface area contributed by atoms with Gasteiger partial charge in [-0.25, -0.2) is 8.78 Å². The summed E-state index contributed by atoms with van der Waals surface area (Å²) in [5, 5.41) is 6.19. The molecule has 0 saturated carbocycles. The Labute approximate surface area is 143 Å². The van der Waals surface area contributed by atoms with E-state index in [0.717, 1.165) is 28.4 Å². The zero-order valence-electron chi connectivity index (χ0n) is 13.1. The molecule has 4 rings (SSSR count). The summed E-state index contributed by atoms with van der Waals surface area (Å²) >= 11 is 3.27. The Balaban J connectivity index is 0.000000136. The van der Waals surface area contributed by atoms with Crippen molar-refractivity contribution in [2.75, 3.05) is 10.6 Å². The molecule has 0 radical (unpaired) electrons. The van der Waals surface area contributed by atoms with Crippen LogP contribution >= 0.6 is 15.9 Å². The van der Waals surface area contributed by atoms with Crippen LogP contribution in [0.5, 0.6) is 0 Å². The van der Waals surface area contributed by atoms with Crippen molar-refractivity contribution < 1.29 is 8.78 Å². The van der Waals surface area contributed by atoms with Gasteiger partial charge in [-0.1, -0.05) is 28.1 Å². The minimum atomic E-state index is -0.163. The normalized spacial score (nSPS) is 20.7. The van der Waals surface area contributed by atoms with Crippen molar-refractivity contribution in [2.45, 2.75) is 38.8 Å². The SMILES string of the molecule is CC1Cc2cc(Br)cc(F)c2N1.CC1Cc2cccc(F)c2N1. The first kappa shape index (κ1) is 16.2. The molecular weight excluding hydrogens is 362 g/mol. The first-order valence-electron chi connectivity index (χ1n) is 7.72. The summed E-state index contributed by atoms with van der Waals surface area (Å²) in [4.78, 5) is 0. The van der Waals surface area contributed by atoms with Crippen LogP contribution in [-0.2, 0) is 12.8 Å². The van der Waals surface area contributed by atoms with Crippen molar-refractivity contribution in [2.24, 2.45) is 0 Å². The second-order valence-corrected chi connectivity index (χ2v) is 7.11. The van der Waals surface area contributed by atoms with Crippen LogP contribution < -0.4 is 10.6 Å². The zero-order valence-corrected chi connectivity index (χ0v) is 14.7. The van der Waals surface area contributed by atoms with E-state index >= 15 is 0 Å². The molecule has 0 saturated heterocycles. The minimum absolute atomic E-state index is 0.133. The smallest absolute Gasteiger partial charge is 0.147 e. The van der Waals surface area contributed by atoms with Crippen LogP contribution in [0.25, 0.3) is 0 Å². The molecule has 0 amide bonds. The van der Waals surface area contributed by atoms with Crippen molar-refractivity contribution in [3.63, 3.8) is 0 Å². The average Bonchev–Trinajstić information content (AvgIpc) is 3.02. The molecule has 2 atom stereocenters. The van der Waals surface area contributed by atoms with Gasteiger partial charge in [-0.3, -0.25) is 0 Å². The van der Waals surface area contributed by atoms with Gasteiger partial charge in [0.1, 0.15) is 11.6 Å². The van der Waals surface area contributed by atoms with Gasteiger partial charge in [0.05, 0.1) is 11.4 Å². The van der Waals surface area contributed by atoms with E-state index in [1.54, 1.807) is 6.07 Å². The van der Waals surface area contributed by atoms with Crippen LogP contribution in [-0.4, -0.2) is 12.1 Å². The molecule has 2 aromatic rings. The highest BCUT2D eigenvalue weighted by Gasteiger charge is 2.20. The summed E-state index contributed by atoms with van der Waals surface area (Å²) in [5.74, 6) is -0.296. The van der Waals surface area contributed by atoms with Crippen LogP contribution in [0, 0.1) is 11.6 Å². The number of nitrogens with one attached hydrogen (secondary N) is 2. The lowest BCUT2D eigenvalue weighted by Crippen LogP contribution is -2.08. The maximum absolute atomic E-state index is 13.2. The number of fused-ring (bicyclic) bond motifs is 2. The average molecular weight is 381 g/mol. The zero-order chi connectivity index (χ0) is 16.6. The molecule has 2 aliphatic rings. The first-order valence-corrected chi connectivity index (χ1v) is 8.51. The Morgan fingerprint density at radius 2 is 1.52 bits per heavy atom. The van der Waals surface area contributed by atoms with Gasteiger partial charge in [-0.2, -0.15) is 0 Å². The maximum atomic E-state index is 13.2. The topological polar surface area (TPSA) is 24.1 Å². The van der Waals surface area contributed by atoms with E-state index in [-0.39, 0.29) is 11.6 Å². The van der Waals surface area contributed by atoms with Crippen molar-refractivity contribution in [3.05, 3.63) is 57.6 Å². The van der Waals surface area contributed by atoms with Gasteiger partial charge in [-0.15, -0.1) is 0 Å². The van der Waals surface area contributed by atoms with Gasteiger partial charge in [0.25, 0.3) is 0 Å². The van der Waals surface area contributed by atoms with E-state index in [0.29, 0.717) is 23.5 Å². The van der Waals surface area contributed by atoms with Crippen LogP contribution in [0.15, 0.2) is 34.8 Å². The predicted molar refractivity (Wildman–Crippen MR) is 94.1 cm³/mol. The lowest BCUT2D eigenvalue weighted by molar-refractivity contribution is 0.630. The monoisotopic (exact) mass is 380 g/mol. The number of hydrogen-bond donors (Lipinski definition) is 2. The highest BCUT2D eigenvalue weighted by atomic mass is 79.9. The Kier molecular flexibility index (Phi) is 4.57. The third-order valence-electron chi connectivity index (χ3n) is 4.07. The lowest BCUT2D eigenvalue weighted by atomic mass is 10.1. The quantitative estimate of drug-likeness (QED) is 0.662. The second-order valence-electron chi connectivity index (χ2n) is 6.19. The molecule has 0 spiro atoms. The second kappa shape index (κ2) is 6.48. The molecule has 2 aromatic carbocycles. The fraction of sp³-hybridized carbons (Fsp3) is 0.333. The Bertz CT molecular complexity index is 733. The summed E-state index contributed by atoms with van der Waals surface area (Å²) in [7, 11) is 0. The van der Waals surface area contributed by atoms with Crippen molar-refractivity contribution in [3.8, 4) is 0 Å². The molecule has 0 aliphatic carbocycles. The number of hydrogen-bond acceptors (Lipinski definition) is 2. The summed E-state index contributed by atoms with van der Waals surface area (Å²) in [6.07, 6.45) is 1.85. The number of benzene rings is 2. The van der Waals surface area contributed by atoms with Crippen molar-refractivity contribution >= 4 is 27.3 Å². The maximum Gasteiger partial charge on any atom is 0.147 e. The molecule has 5 heteroatoms. The first-order chi connectivity index (χ1) is 10.9. The van der Waals surface area contributed by atoms with Crippen LogP contribution in [0.1, 0.15) is 25.0 Å². The van der Waals surface area contributed by atoms with Gasteiger partial charge in [0.15, 0.2) is 0 Å². The summed E-state index contributed by atoms with van der Waals surface area (Å²) < 4.78 is 27.0. The number of halogens is 3. The van der Waals surface area contributed by atoms with Gasteiger partial charge < -0.3 is 10.6 Å². The highest BCUT2D eigenvalue weighted by molar-refractivity contribution is 9.10. The molecule has 2 heterocycles. The van der Waals surface area contributed by atoms with E-state index in [1.807, 2.05) is 19.1 Å². The number of anilines is 2. The van der Waals surface area contributed by atoms with E-state index in [9.17, 15) is 8.78 Å². The molecule has 2 unspecified atom stereocenters. The van der Waals surface area contributed by atoms with E-state index < -0.39 is 0 Å². The summed E-state index contributed by atoms with van der Waals surface area (Å²) in [6.45, 7) is 4.10. The van der Waals surface area contributed by atoms with E-state index in [2.05, 4.69) is 33.5 Å². The molecule has 0 aromatic heterocycles. The lowest BCUT2D eigenvalue weighted by Gasteiger charge is -2.03. The van der Waals surface area contributed by atoms with E-state index in [1.165, 1.54) is 12.1 Å². The van der Waals surface area contributed by atoms with Gasteiger partial charge >= 0.3 is 0 Å². The van der Waals surface area contributed by atoms with Crippen LogP contribution in [0.4, 0.5) is 20.2 Å². The molecular formula is C18H19BrF2N2. The van der Waals surface area contributed by atoms with E-state index in [4.69, 9.17) is 0 Å². The van der Waals surface area contributed by atoms with Crippen molar-refractivity contribution in [1.29, 1.82) is 0 Å². The Morgan fingerprint density at radius 1 is 0.913 bits per heavy atom. The molecule has 2 nitrogen and oxygen atoms in total. The summed E-state index contributed by atoms with van der Waals surface area (Å²) in [6, 6.07) is 9.40. The third-order valence-corrected chi connectivity index (χ3v) is 4.53. The Morgan fingerprint density at radius 3 is 2.17 bits per heavy atom. The van der Waals surface area contributed by atoms with Gasteiger partial charge in [0.2, 0.25) is 0 Å². The molecule has 122 valence electrons. The fourth-order valence-corrected chi connectivity index (χ4v) is 3.58. The molecule has 2 N–H and O–H groups in total. The van der Waals surface area contributed by atoms with Crippen molar-refractivity contribution in [1.82, 2.24) is 0 Å². The molecule has 23 heavy (non-hydrogen) atoms. The number of rotatable bonds is 0. The third kappa shape index (κ3) is 3.50. The largest absolute Gasteiger partial charge is 0.380 e. The standard InChI is InChI=1S/C9H9BrFN.C9H10FN/c1-5-2-6-3-7(10)4-8(11)9(6)12-5;1-6-5-7-3-2-4-8(10)9(7)11-6/h3-5,12H,2H2,1H3;2-4,6,11H,5H2,1H3. The molecule has 2 aliphatic heterocycles. The Hall–Kier alpha value is -1.62. The van der Waals surface area contributed by atoms with Crippen LogP contribution in [0.3, 0.4) is 0 Å². The minimum Gasteiger partial charge on any atom is -0.380 e. The molecule has 0 fully saturated rings. The van der Waals surface area contributed by atoms with Gasteiger partial charge in [-0.05, 0) is 56.0 Å². The van der Waals surface area contributed by atoms with Crippen LogP contribution in [0.2, 0.25) is 0 Å². The predicted octanol–water partition coefficient (Wildman–Crippen LogP) is 5.13. The van der Waals surface area contributed by atoms with Gasteiger partial charge in [0, 0.05) is 16.6 Å². The molecule has 0 bridgehead atoms. The summed E-state index contributed by atoms with van der Waals surface area (Å²) in [5.41, 5.74) is 3.53. The number of para-hydroxylation sites is 1. The highest BCUT2D eigenvalue weighted by Crippen LogP contribution is 2.31.